The standard InChI is InChI=1S/C19H16ClF2N3O3S/c1-12-7-14(28-2)4-3-13(12)10-25(19-5-6-23-11-24-19)29(26,27)18-8-15(20)16(21)9-17(18)22/h3-9,11H,10H2,1-2H3. The van der Waals surface area contributed by atoms with Gasteiger partial charge in [-0.1, -0.05) is 17.7 Å². The van der Waals surface area contributed by atoms with E-state index in [0.29, 0.717) is 17.4 Å². The summed E-state index contributed by atoms with van der Waals surface area (Å²) < 4.78 is 60.5. The molecule has 0 saturated heterocycles. The Bertz CT molecular complexity index is 1140. The zero-order chi connectivity index (χ0) is 21.2. The van der Waals surface area contributed by atoms with Gasteiger partial charge in [0.1, 0.15) is 34.4 Å². The van der Waals surface area contributed by atoms with Crippen molar-refractivity contribution in [2.75, 3.05) is 11.4 Å². The average Bonchev–Trinajstić information content (AvgIpc) is 2.70. The number of halogens is 3. The molecule has 0 atom stereocenters. The molecule has 0 N–H and O–H groups in total. The molecule has 0 fully saturated rings. The zero-order valence-corrected chi connectivity index (χ0v) is 17.0. The van der Waals surface area contributed by atoms with E-state index in [-0.39, 0.29) is 12.4 Å². The molecular formula is C19H16ClF2N3O3S. The van der Waals surface area contributed by atoms with Crippen molar-refractivity contribution in [2.24, 2.45) is 0 Å². The predicted octanol–water partition coefficient (Wildman–Crippen LogP) is 4.12. The smallest absolute Gasteiger partial charge is 0.268 e. The predicted molar refractivity (Wildman–Crippen MR) is 104 cm³/mol. The van der Waals surface area contributed by atoms with Gasteiger partial charge >= 0.3 is 0 Å². The van der Waals surface area contributed by atoms with Crippen LogP contribution in [-0.2, 0) is 16.6 Å². The summed E-state index contributed by atoms with van der Waals surface area (Å²) in [5.41, 5.74) is 1.40. The number of benzene rings is 2. The molecule has 10 heteroatoms. The van der Waals surface area contributed by atoms with Gasteiger partial charge in [-0.2, -0.15) is 0 Å². The Hall–Kier alpha value is -2.78. The van der Waals surface area contributed by atoms with Crippen molar-refractivity contribution < 1.29 is 21.9 Å². The number of aromatic nitrogens is 2. The molecule has 0 unspecified atom stereocenters. The number of sulfonamides is 1. The lowest BCUT2D eigenvalue weighted by Crippen LogP contribution is -2.32. The van der Waals surface area contributed by atoms with Gasteiger partial charge in [0.25, 0.3) is 10.0 Å². The minimum absolute atomic E-state index is 0.0232. The van der Waals surface area contributed by atoms with Crippen LogP contribution < -0.4 is 9.04 Å². The van der Waals surface area contributed by atoms with Gasteiger partial charge in [0.2, 0.25) is 0 Å². The molecule has 1 heterocycles. The summed E-state index contributed by atoms with van der Waals surface area (Å²) in [6.07, 6.45) is 2.53. The summed E-state index contributed by atoms with van der Waals surface area (Å²) >= 11 is 5.70. The lowest BCUT2D eigenvalue weighted by molar-refractivity contribution is 0.414. The number of hydrogen-bond donors (Lipinski definition) is 0. The number of anilines is 1. The van der Waals surface area contributed by atoms with Crippen LogP contribution in [-0.4, -0.2) is 25.5 Å². The first-order valence-corrected chi connectivity index (χ1v) is 10.1. The highest BCUT2D eigenvalue weighted by molar-refractivity contribution is 7.92. The molecule has 1 aromatic heterocycles. The van der Waals surface area contributed by atoms with Gasteiger partial charge in [-0.05, 0) is 36.2 Å². The summed E-state index contributed by atoms with van der Waals surface area (Å²) in [6.45, 7) is 1.64. The minimum atomic E-state index is -4.47. The molecule has 29 heavy (non-hydrogen) atoms. The Morgan fingerprint density at radius 2 is 1.90 bits per heavy atom. The number of aryl methyl sites for hydroxylation is 1. The van der Waals surface area contributed by atoms with E-state index >= 15 is 0 Å². The highest BCUT2D eigenvalue weighted by Gasteiger charge is 2.30. The van der Waals surface area contributed by atoms with Crippen molar-refractivity contribution in [1.29, 1.82) is 0 Å². The summed E-state index contributed by atoms with van der Waals surface area (Å²) in [5.74, 6) is -1.67. The fraction of sp³-hybridized carbons (Fsp3) is 0.158. The Morgan fingerprint density at radius 3 is 2.52 bits per heavy atom. The average molecular weight is 440 g/mol. The Labute approximate surface area is 171 Å². The van der Waals surface area contributed by atoms with E-state index in [1.165, 1.54) is 25.7 Å². The van der Waals surface area contributed by atoms with E-state index in [1.54, 1.807) is 25.1 Å². The maximum Gasteiger partial charge on any atom is 0.268 e. The number of ether oxygens (including phenoxy) is 1. The van der Waals surface area contributed by atoms with Crippen molar-refractivity contribution >= 4 is 27.4 Å². The van der Waals surface area contributed by atoms with Crippen molar-refractivity contribution in [1.82, 2.24) is 9.97 Å². The van der Waals surface area contributed by atoms with Gasteiger partial charge in [-0.15, -0.1) is 0 Å². The van der Waals surface area contributed by atoms with Crippen molar-refractivity contribution in [3.05, 3.63) is 76.7 Å². The van der Waals surface area contributed by atoms with E-state index in [4.69, 9.17) is 16.3 Å². The van der Waals surface area contributed by atoms with Gasteiger partial charge in [0.15, 0.2) is 0 Å². The number of nitrogens with zero attached hydrogens (tertiary/aromatic N) is 3. The third-order valence-corrected chi connectivity index (χ3v) is 6.28. The van der Waals surface area contributed by atoms with Crippen LogP contribution in [0.15, 0.2) is 53.8 Å². The van der Waals surface area contributed by atoms with Gasteiger partial charge in [-0.25, -0.2) is 31.5 Å². The molecule has 6 nitrogen and oxygen atoms in total. The molecule has 0 aliphatic carbocycles. The summed E-state index contributed by atoms with van der Waals surface area (Å²) in [7, 11) is -2.95. The van der Waals surface area contributed by atoms with Crippen LogP contribution in [0, 0.1) is 18.6 Å². The topological polar surface area (TPSA) is 72.4 Å². The van der Waals surface area contributed by atoms with Gasteiger partial charge in [0.05, 0.1) is 18.7 Å². The molecule has 3 aromatic rings. The first kappa shape index (κ1) is 20.9. The zero-order valence-electron chi connectivity index (χ0n) is 15.4. The SMILES string of the molecule is COc1ccc(CN(c2ccncn2)S(=O)(=O)c2cc(Cl)c(F)cc2F)c(C)c1. The molecule has 0 saturated carbocycles. The molecule has 0 radical (unpaired) electrons. The molecule has 0 aliphatic heterocycles. The van der Waals surface area contributed by atoms with Crippen LogP contribution in [0.1, 0.15) is 11.1 Å². The molecular weight excluding hydrogens is 424 g/mol. The number of methoxy groups -OCH3 is 1. The van der Waals surface area contributed by atoms with Crippen LogP contribution in [0.5, 0.6) is 5.75 Å². The van der Waals surface area contributed by atoms with Crippen LogP contribution in [0.4, 0.5) is 14.6 Å². The second kappa shape index (κ2) is 8.30. The lowest BCUT2D eigenvalue weighted by Gasteiger charge is -2.24. The van der Waals surface area contributed by atoms with Crippen LogP contribution in [0.2, 0.25) is 5.02 Å². The number of hydrogen-bond acceptors (Lipinski definition) is 5. The van der Waals surface area contributed by atoms with Crippen LogP contribution >= 0.6 is 11.6 Å². The number of rotatable bonds is 6. The van der Waals surface area contributed by atoms with Gasteiger partial charge < -0.3 is 4.74 Å². The van der Waals surface area contributed by atoms with Crippen molar-refractivity contribution in [2.45, 2.75) is 18.4 Å². The highest BCUT2D eigenvalue weighted by atomic mass is 35.5. The van der Waals surface area contributed by atoms with Gasteiger partial charge in [0, 0.05) is 18.3 Å². The molecule has 0 spiro atoms. The Morgan fingerprint density at radius 1 is 1.14 bits per heavy atom. The van der Waals surface area contributed by atoms with Crippen molar-refractivity contribution in [3.63, 3.8) is 0 Å². The van der Waals surface area contributed by atoms with E-state index in [2.05, 4.69) is 9.97 Å². The maximum atomic E-state index is 14.4. The fourth-order valence-electron chi connectivity index (χ4n) is 2.67. The normalized spacial score (nSPS) is 11.3. The summed E-state index contributed by atoms with van der Waals surface area (Å²) in [6, 6.07) is 7.69. The summed E-state index contributed by atoms with van der Waals surface area (Å²) in [4.78, 5) is 7.00. The van der Waals surface area contributed by atoms with E-state index in [1.807, 2.05) is 0 Å². The third kappa shape index (κ3) is 4.30. The molecule has 0 aliphatic rings. The fourth-order valence-corrected chi connectivity index (χ4v) is 4.37. The molecule has 2 aromatic carbocycles. The Kier molecular flexibility index (Phi) is 5.99. The monoisotopic (exact) mass is 439 g/mol. The maximum absolute atomic E-state index is 14.4. The van der Waals surface area contributed by atoms with E-state index < -0.39 is 31.6 Å². The molecule has 0 amide bonds. The van der Waals surface area contributed by atoms with Crippen LogP contribution in [0.25, 0.3) is 0 Å². The second-order valence-electron chi connectivity index (χ2n) is 6.07. The van der Waals surface area contributed by atoms with Crippen molar-refractivity contribution in [3.8, 4) is 5.75 Å². The molecule has 0 bridgehead atoms. The first-order valence-electron chi connectivity index (χ1n) is 8.31. The minimum Gasteiger partial charge on any atom is -0.497 e. The van der Waals surface area contributed by atoms with Crippen LogP contribution in [0.3, 0.4) is 0 Å². The van der Waals surface area contributed by atoms with E-state index in [9.17, 15) is 17.2 Å². The lowest BCUT2D eigenvalue weighted by atomic mass is 10.1. The molecule has 152 valence electrons. The van der Waals surface area contributed by atoms with E-state index in [0.717, 1.165) is 15.9 Å². The second-order valence-corrected chi connectivity index (χ2v) is 8.31. The largest absolute Gasteiger partial charge is 0.497 e. The van der Waals surface area contributed by atoms with Gasteiger partial charge in [-0.3, -0.25) is 0 Å². The highest BCUT2D eigenvalue weighted by Crippen LogP contribution is 2.30. The first-order chi connectivity index (χ1) is 13.7. The molecule has 3 rings (SSSR count). The third-order valence-electron chi connectivity index (χ3n) is 4.23. The quantitative estimate of drug-likeness (QED) is 0.540. The summed E-state index contributed by atoms with van der Waals surface area (Å²) in [5, 5.41) is -0.506. The Balaban J connectivity index is 2.13.